The molecule has 84 valence electrons. The molecule has 3 heteroatoms. The Morgan fingerprint density at radius 3 is 2.00 bits per heavy atom. The Bertz CT molecular complexity index is 466. The first-order valence-corrected chi connectivity index (χ1v) is 5.95. The summed E-state index contributed by atoms with van der Waals surface area (Å²) in [6, 6.07) is 5.93. The Kier molecular flexibility index (Phi) is 3.15. The summed E-state index contributed by atoms with van der Waals surface area (Å²) >= 11 is 1.71. The van der Waals surface area contributed by atoms with Gasteiger partial charge in [0.05, 0.1) is 14.2 Å². The molecule has 2 rings (SSSR count). The van der Waals surface area contributed by atoms with Gasteiger partial charge >= 0.3 is 0 Å². The average Bonchev–Trinajstić information content (AvgIpc) is 2.74. The van der Waals surface area contributed by atoms with Crippen molar-refractivity contribution in [1.82, 2.24) is 0 Å². The lowest BCUT2D eigenvalue weighted by molar-refractivity contribution is 0.394. The summed E-state index contributed by atoms with van der Waals surface area (Å²) in [5.74, 6) is 1.64. The predicted octanol–water partition coefficient (Wildman–Crippen LogP) is 3.74. The minimum atomic E-state index is 0.819. The molecule has 1 heterocycles. The Hall–Kier alpha value is -1.48. The first-order chi connectivity index (χ1) is 7.74. The zero-order valence-electron chi connectivity index (χ0n) is 9.61. The summed E-state index contributed by atoms with van der Waals surface area (Å²) < 4.78 is 10.5. The SMILES string of the molecule is COc1cc(OC)cc(-c2cscc2C)c1. The zero-order chi connectivity index (χ0) is 11.5. The van der Waals surface area contributed by atoms with Crippen molar-refractivity contribution in [2.45, 2.75) is 6.92 Å². The van der Waals surface area contributed by atoms with Crippen molar-refractivity contribution in [2.24, 2.45) is 0 Å². The Labute approximate surface area is 99.5 Å². The smallest absolute Gasteiger partial charge is 0.123 e. The van der Waals surface area contributed by atoms with Gasteiger partial charge in [0, 0.05) is 6.07 Å². The van der Waals surface area contributed by atoms with Gasteiger partial charge in [-0.3, -0.25) is 0 Å². The summed E-state index contributed by atoms with van der Waals surface area (Å²) in [5.41, 5.74) is 3.65. The van der Waals surface area contributed by atoms with Gasteiger partial charge in [-0.15, -0.1) is 0 Å². The third kappa shape index (κ3) is 2.04. The van der Waals surface area contributed by atoms with Crippen LogP contribution in [0.15, 0.2) is 29.0 Å². The second-order valence-electron chi connectivity index (χ2n) is 3.57. The quantitative estimate of drug-likeness (QED) is 0.805. The van der Waals surface area contributed by atoms with Crippen LogP contribution in [-0.4, -0.2) is 14.2 Å². The molecular weight excluding hydrogens is 220 g/mol. The van der Waals surface area contributed by atoms with Gasteiger partial charge in [-0.2, -0.15) is 11.3 Å². The van der Waals surface area contributed by atoms with Crippen molar-refractivity contribution in [3.05, 3.63) is 34.5 Å². The van der Waals surface area contributed by atoms with Gasteiger partial charge in [-0.25, -0.2) is 0 Å². The topological polar surface area (TPSA) is 18.5 Å². The van der Waals surface area contributed by atoms with Crippen LogP contribution in [0, 0.1) is 6.92 Å². The van der Waals surface area contributed by atoms with Gasteiger partial charge in [0.2, 0.25) is 0 Å². The van der Waals surface area contributed by atoms with Crippen molar-refractivity contribution in [3.63, 3.8) is 0 Å². The molecule has 0 atom stereocenters. The molecule has 2 aromatic rings. The number of hydrogen-bond donors (Lipinski definition) is 0. The van der Waals surface area contributed by atoms with E-state index < -0.39 is 0 Å². The lowest BCUT2D eigenvalue weighted by Gasteiger charge is -2.08. The van der Waals surface area contributed by atoms with E-state index in [2.05, 4.69) is 17.7 Å². The molecule has 0 fully saturated rings. The third-order valence-corrected chi connectivity index (χ3v) is 3.38. The van der Waals surface area contributed by atoms with Gasteiger partial charge in [0.1, 0.15) is 11.5 Å². The lowest BCUT2D eigenvalue weighted by atomic mass is 10.1. The van der Waals surface area contributed by atoms with Gasteiger partial charge in [-0.05, 0) is 46.5 Å². The molecular formula is C13H14O2S. The van der Waals surface area contributed by atoms with E-state index in [0.717, 1.165) is 17.1 Å². The molecule has 0 bridgehead atoms. The van der Waals surface area contributed by atoms with Crippen LogP contribution in [0.4, 0.5) is 0 Å². The highest BCUT2D eigenvalue weighted by Crippen LogP contribution is 2.33. The first kappa shape index (κ1) is 11.0. The van der Waals surface area contributed by atoms with Gasteiger partial charge < -0.3 is 9.47 Å². The molecule has 0 radical (unpaired) electrons. The molecule has 0 amide bonds. The van der Waals surface area contributed by atoms with E-state index in [0.29, 0.717) is 0 Å². The predicted molar refractivity (Wildman–Crippen MR) is 67.6 cm³/mol. The number of rotatable bonds is 3. The maximum Gasteiger partial charge on any atom is 0.123 e. The maximum atomic E-state index is 5.26. The molecule has 0 aliphatic rings. The second kappa shape index (κ2) is 4.58. The largest absolute Gasteiger partial charge is 0.497 e. The highest BCUT2D eigenvalue weighted by Gasteiger charge is 2.07. The number of methoxy groups -OCH3 is 2. The van der Waals surface area contributed by atoms with Crippen LogP contribution in [0.1, 0.15) is 5.56 Å². The fourth-order valence-electron chi connectivity index (χ4n) is 1.62. The summed E-state index contributed by atoms with van der Waals surface area (Å²) in [6.45, 7) is 2.11. The Morgan fingerprint density at radius 1 is 0.938 bits per heavy atom. The fraction of sp³-hybridized carbons (Fsp3) is 0.231. The molecule has 1 aromatic heterocycles. The van der Waals surface area contributed by atoms with E-state index in [9.17, 15) is 0 Å². The summed E-state index contributed by atoms with van der Waals surface area (Å²) in [5, 5.41) is 4.28. The maximum absolute atomic E-state index is 5.26. The molecule has 0 saturated heterocycles. The average molecular weight is 234 g/mol. The highest BCUT2D eigenvalue weighted by atomic mass is 32.1. The molecule has 0 saturated carbocycles. The van der Waals surface area contributed by atoms with Crippen molar-refractivity contribution < 1.29 is 9.47 Å². The van der Waals surface area contributed by atoms with Gasteiger partial charge in [0.15, 0.2) is 0 Å². The van der Waals surface area contributed by atoms with E-state index in [1.165, 1.54) is 11.1 Å². The van der Waals surface area contributed by atoms with Crippen molar-refractivity contribution in [1.29, 1.82) is 0 Å². The third-order valence-electron chi connectivity index (χ3n) is 2.52. The van der Waals surface area contributed by atoms with Gasteiger partial charge in [-0.1, -0.05) is 0 Å². The Balaban J connectivity index is 2.52. The molecule has 0 spiro atoms. The monoisotopic (exact) mass is 234 g/mol. The fourth-order valence-corrected chi connectivity index (χ4v) is 2.48. The van der Waals surface area contributed by atoms with Crippen molar-refractivity contribution in [2.75, 3.05) is 14.2 Å². The van der Waals surface area contributed by atoms with Crippen molar-refractivity contribution in [3.8, 4) is 22.6 Å². The highest BCUT2D eigenvalue weighted by molar-refractivity contribution is 7.08. The van der Waals surface area contributed by atoms with Crippen LogP contribution in [0.25, 0.3) is 11.1 Å². The normalized spacial score (nSPS) is 10.2. The molecule has 0 unspecified atom stereocenters. The van der Waals surface area contributed by atoms with Crippen LogP contribution in [0.5, 0.6) is 11.5 Å². The van der Waals surface area contributed by atoms with Crippen molar-refractivity contribution >= 4 is 11.3 Å². The van der Waals surface area contributed by atoms with E-state index in [1.807, 2.05) is 18.2 Å². The second-order valence-corrected chi connectivity index (χ2v) is 4.31. The van der Waals surface area contributed by atoms with E-state index >= 15 is 0 Å². The molecule has 0 aliphatic heterocycles. The lowest BCUT2D eigenvalue weighted by Crippen LogP contribution is -1.88. The first-order valence-electron chi connectivity index (χ1n) is 5.01. The number of aryl methyl sites for hydroxylation is 1. The van der Waals surface area contributed by atoms with Gasteiger partial charge in [0.25, 0.3) is 0 Å². The number of ether oxygens (including phenoxy) is 2. The van der Waals surface area contributed by atoms with Crippen LogP contribution >= 0.6 is 11.3 Å². The Morgan fingerprint density at radius 2 is 1.56 bits per heavy atom. The minimum Gasteiger partial charge on any atom is -0.497 e. The van der Waals surface area contributed by atoms with Crippen LogP contribution in [0.2, 0.25) is 0 Å². The summed E-state index contributed by atoms with van der Waals surface area (Å²) in [7, 11) is 3.33. The van der Waals surface area contributed by atoms with E-state index in [4.69, 9.17) is 9.47 Å². The van der Waals surface area contributed by atoms with Crippen LogP contribution < -0.4 is 9.47 Å². The molecule has 16 heavy (non-hydrogen) atoms. The molecule has 1 aromatic carbocycles. The zero-order valence-corrected chi connectivity index (χ0v) is 10.4. The molecule has 0 N–H and O–H groups in total. The summed E-state index contributed by atoms with van der Waals surface area (Å²) in [4.78, 5) is 0. The standard InChI is InChI=1S/C13H14O2S/c1-9-7-16-8-13(9)10-4-11(14-2)6-12(5-10)15-3/h4-8H,1-3H3. The van der Waals surface area contributed by atoms with E-state index in [-0.39, 0.29) is 0 Å². The summed E-state index contributed by atoms with van der Waals surface area (Å²) in [6.07, 6.45) is 0. The van der Waals surface area contributed by atoms with Crippen LogP contribution in [-0.2, 0) is 0 Å². The molecule has 0 aliphatic carbocycles. The van der Waals surface area contributed by atoms with Crippen LogP contribution in [0.3, 0.4) is 0 Å². The molecule has 2 nitrogen and oxygen atoms in total. The number of hydrogen-bond acceptors (Lipinski definition) is 3. The number of thiophene rings is 1. The number of benzene rings is 1. The van der Waals surface area contributed by atoms with E-state index in [1.54, 1.807) is 25.6 Å². The minimum absolute atomic E-state index is 0.819.